The van der Waals surface area contributed by atoms with Gasteiger partial charge >= 0.3 is 5.97 Å². The third-order valence-electron chi connectivity index (χ3n) is 2.65. The van der Waals surface area contributed by atoms with E-state index >= 15 is 0 Å². The number of rotatable bonds is 7. The van der Waals surface area contributed by atoms with Crippen molar-refractivity contribution < 1.29 is 19.4 Å². The summed E-state index contributed by atoms with van der Waals surface area (Å²) in [7, 11) is 3.14. The topological polar surface area (TPSA) is 86.5 Å². The summed E-state index contributed by atoms with van der Waals surface area (Å²) in [5.41, 5.74) is 0.418. The van der Waals surface area contributed by atoms with E-state index in [-0.39, 0.29) is 17.7 Å². The van der Waals surface area contributed by atoms with Gasteiger partial charge in [-0.25, -0.2) is 9.48 Å². The number of nitrogens with zero attached hydrogens (tertiary/aromatic N) is 3. The first kappa shape index (κ1) is 14.6. The number of carboxylic acids is 1. The van der Waals surface area contributed by atoms with Crippen LogP contribution in [0.1, 0.15) is 36.1 Å². The van der Waals surface area contributed by atoms with E-state index in [0.29, 0.717) is 18.8 Å². The molecule has 0 saturated carbocycles. The summed E-state index contributed by atoms with van der Waals surface area (Å²) in [4.78, 5) is 11.1. The lowest BCUT2D eigenvalue weighted by atomic mass is 10.1. The molecule has 0 saturated heterocycles. The fourth-order valence-electron chi connectivity index (χ4n) is 1.75. The molecule has 0 radical (unpaired) electrons. The van der Waals surface area contributed by atoms with E-state index in [4.69, 9.17) is 14.6 Å². The molecule has 0 aliphatic heterocycles. The molecule has 7 heteroatoms. The number of hydrogen-bond donors (Lipinski definition) is 1. The highest BCUT2D eigenvalue weighted by Gasteiger charge is 2.24. The van der Waals surface area contributed by atoms with E-state index in [1.54, 1.807) is 18.7 Å². The normalized spacial score (nSPS) is 14.4. The number of ether oxygens (including phenoxy) is 2. The Hall–Kier alpha value is -1.47. The molecule has 1 rings (SSSR count). The van der Waals surface area contributed by atoms with Crippen LogP contribution in [0.15, 0.2) is 0 Å². The van der Waals surface area contributed by atoms with E-state index in [0.717, 1.165) is 0 Å². The van der Waals surface area contributed by atoms with Crippen LogP contribution in [0, 0.1) is 5.92 Å². The van der Waals surface area contributed by atoms with Gasteiger partial charge in [0, 0.05) is 20.8 Å². The van der Waals surface area contributed by atoms with Crippen molar-refractivity contribution in [3.63, 3.8) is 0 Å². The summed E-state index contributed by atoms with van der Waals surface area (Å²) < 4.78 is 11.8. The first-order valence-electron chi connectivity index (χ1n) is 5.69. The van der Waals surface area contributed by atoms with Crippen LogP contribution >= 0.6 is 0 Å². The highest BCUT2D eigenvalue weighted by molar-refractivity contribution is 5.86. The van der Waals surface area contributed by atoms with Gasteiger partial charge in [-0.1, -0.05) is 12.1 Å². The fourth-order valence-corrected chi connectivity index (χ4v) is 1.75. The number of hydrogen-bond acceptors (Lipinski definition) is 5. The maximum absolute atomic E-state index is 11.1. The molecule has 18 heavy (non-hydrogen) atoms. The standard InChI is InChI=1S/C11H19N3O4/c1-7(6-17-3)5-14-10(8(2)18-4)9(11(15)16)12-13-14/h7-8H,5-6H2,1-4H3,(H,15,16). The number of carboxylic acid groups (broad SMARTS) is 1. The zero-order valence-electron chi connectivity index (χ0n) is 11.1. The van der Waals surface area contributed by atoms with Gasteiger partial charge in [-0.2, -0.15) is 0 Å². The van der Waals surface area contributed by atoms with Crippen molar-refractivity contribution in [2.45, 2.75) is 26.5 Å². The largest absolute Gasteiger partial charge is 0.476 e. The second-order valence-corrected chi connectivity index (χ2v) is 4.25. The smallest absolute Gasteiger partial charge is 0.358 e. The van der Waals surface area contributed by atoms with Crippen molar-refractivity contribution in [2.75, 3.05) is 20.8 Å². The van der Waals surface area contributed by atoms with Crippen molar-refractivity contribution in [1.82, 2.24) is 15.0 Å². The van der Waals surface area contributed by atoms with Crippen LogP contribution in [-0.4, -0.2) is 46.9 Å². The van der Waals surface area contributed by atoms with Crippen LogP contribution in [0.25, 0.3) is 0 Å². The van der Waals surface area contributed by atoms with E-state index in [9.17, 15) is 4.79 Å². The Kier molecular flexibility index (Phi) is 5.24. The molecule has 1 aromatic heterocycles. The Balaban J connectivity index is 3.00. The lowest BCUT2D eigenvalue weighted by molar-refractivity contribution is 0.0672. The van der Waals surface area contributed by atoms with Crippen molar-refractivity contribution in [3.05, 3.63) is 11.4 Å². The molecule has 7 nitrogen and oxygen atoms in total. The minimum atomic E-state index is -1.10. The third-order valence-corrected chi connectivity index (χ3v) is 2.65. The van der Waals surface area contributed by atoms with Gasteiger partial charge in [0.05, 0.1) is 12.7 Å². The molecule has 0 bridgehead atoms. The molecule has 102 valence electrons. The summed E-state index contributed by atoms with van der Waals surface area (Å²) >= 11 is 0. The van der Waals surface area contributed by atoms with Gasteiger partial charge < -0.3 is 14.6 Å². The summed E-state index contributed by atoms with van der Waals surface area (Å²) in [6.07, 6.45) is -0.374. The van der Waals surface area contributed by atoms with E-state index in [2.05, 4.69) is 10.3 Å². The molecule has 1 heterocycles. The lowest BCUT2D eigenvalue weighted by Crippen LogP contribution is -2.18. The Morgan fingerprint density at radius 2 is 2.11 bits per heavy atom. The number of aromatic nitrogens is 3. The molecule has 0 amide bonds. The van der Waals surface area contributed by atoms with E-state index in [1.165, 1.54) is 7.11 Å². The molecular weight excluding hydrogens is 238 g/mol. The molecule has 0 spiro atoms. The molecule has 1 aromatic rings. The highest BCUT2D eigenvalue weighted by Crippen LogP contribution is 2.20. The van der Waals surface area contributed by atoms with Crippen LogP contribution in [-0.2, 0) is 16.0 Å². The zero-order valence-corrected chi connectivity index (χ0v) is 11.1. The average Bonchev–Trinajstić information content (AvgIpc) is 2.72. The maximum Gasteiger partial charge on any atom is 0.358 e. The molecule has 2 unspecified atom stereocenters. The first-order chi connectivity index (χ1) is 8.51. The summed E-state index contributed by atoms with van der Waals surface area (Å²) in [6, 6.07) is 0. The zero-order chi connectivity index (χ0) is 13.7. The van der Waals surface area contributed by atoms with Crippen molar-refractivity contribution >= 4 is 5.97 Å². The summed E-state index contributed by atoms with van der Waals surface area (Å²) in [6.45, 7) is 4.87. The van der Waals surface area contributed by atoms with Gasteiger partial charge in [0.25, 0.3) is 0 Å². The Morgan fingerprint density at radius 3 is 2.61 bits per heavy atom. The van der Waals surface area contributed by atoms with Crippen LogP contribution < -0.4 is 0 Å². The fraction of sp³-hybridized carbons (Fsp3) is 0.727. The minimum Gasteiger partial charge on any atom is -0.476 e. The van der Waals surface area contributed by atoms with Gasteiger partial charge in [0.1, 0.15) is 5.69 Å². The Bertz CT molecular complexity index is 405. The van der Waals surface area contributed by atoms with E-state index < -0.39 is 5.97 Å². The van der Waals surface area contributed by atoms with Crippen molar-refractivity contribution in [3.8, 4) is 0 Å². The monoisotopic (exact) mass is 257 g/mol. The predicted molar refractivity (Wildman–Crippen MR) is 63.4 cm³/mol. The third kappa shape index (κ3) is 3.27. The summed E-state index contributed by atoms with van der Waals surface area (Å²) in [5.74, 6) is -0.888. The minimum absolute atomic E-state index is 0.0611. The van der Waals surface area contributed by atoms with Crippen LogP contribution in [0.5, 0.6) is 0 Å². The average molecular weight is 257 g/mol. The maximum atomic E-state index is 11.1. The van der Waals surface area contributed by atoms with Gasteiger partial charge in [-0.15, -0.1) is 5.10 Å². The van der Waals surface area contributed by atoms with Gasteiger partial charge in [-0.05, 0) is 12.8 Å². The number of aromatic carboxylic acids is 1. The number of carbonyl (C=O) groups is 1. The lowest BCUT2D eigenvalue weighted by Gasteiger charge is -2.15. The van der Waals surface area contributed by atoms with Crippen LogP contribution in [0.4, 0.5) is 0 Å². The van der Waals surface area contributed by atoms with Gasteiger partial charge in [0.2, 0.25) is 0 Å². The van der Waals surface area contributed by atoms with Crippen molar-refractivity contribution in [2.24, 2.45) is 5.92 Å². The molecular formula is C11H19N3O4. The SMILES string of the molecule is COCC(C)Cn1nnc(C(=O)O)c1C(C)OC. The first-order valence-corrected chi connectivity index (χ1v) is 5.69. The van der Waals surface area contributed by atoms with Gasteiger partial charge in [-0.3, -0.25) is 0 Å². The van der Waals surface area contributed by atoms with Gasteiger partial charge in [0.15, 0.2) is 5.69 Å². The van der Waals surface area contributed by atoms with E-state index in [1.807, 2.05) is 6.92 Å². The highest BCUT2D eigenvalue weighted by atomic mass is 16.5. The van der Waals surface area contributed by atoms with Crippen LogP contribution in [0.2, 0.25) is 0 Å². The molecule has 0 fully saturated rings. The number of methoxy groups -OCH3 is 2. The molecule has 0 aliphatic rings. The van der Waals surface area contributed by atoms with Crippen LogP contribution in [0.3, 0.4) is 0 Å². The second-order valence-electron chi connectivity index (χ2n) is 4.25. The predicted octanol–water partition coefficient (Wildman–Crippen LogP) is 0.966. The second kappa shape index (κ2) is 6.46. The Labute approximate surface area is 106 Å². The quantitative estimate of drug-likeness (QED) is 0.783. The molecule has 0 aliphatic carbocycles. The Morgan fingerprint density at radius 1 is 1.44 bits per heavy atom. The van der Waals surface area contributed by atoms with Crippen molar-refractivity contribution in [1.29, 1.82) is 0 Å². The molecule has 2 atom stereocenters. The molecule has 1 N–H and O–H groups in total. The molecule has 0 aromatic carbocycles. The summed E-state index contributed by atoms with van der Waals surface area (Å²) in [5, 5.41) is 16.6.